The summed E-state index contributed by atoms with van der Waals surface area (Å²) in [7, 11) is 0. The van der Waals surface area contributed by atoms with Crippen LogP contribution in [0.15, 0.2) is 0 Å². The molecule has 0 radical (unpaired) electrons. The molecular weight excluding hydrogens is 784 g/mol. The number of aliphatic hydroxyl groups is 8. The van der Waals surface area contributed by atoms with Crippen LogP contribution >= 0.6 is 0 Å². The lowest BCUT2D eigenvalue weighted by Crippen LogP contribution is -2.40. The first-order chi connectivity index (χ1) is 28.7. The van der Waals surface area contributed by atoms with Gasteiger partial charge >= 0.3 is 0 Å². The van der Waals surface area contributed by atoms with Gasteiger partial charge < -0.3 is 78.7 Å². The van der Waals surface area contributed by atoms with E-state index in [0.29, 0.717) is 50.1 Å². The van der Waals surface area contributed by atoms with Crippen molar-refractivity contribution < 1.29 is 78.7 Å². The fourth-order valence-corrected chi connectivity index (χ4v) is 7.26. The van der Waals surface area contributed by atoms with Gasteiger partial charge in [-0.3, -0.25) is 0 Å². The Hall–Kier alpha value is -0.640. The molecular formula is C44H86O16. The van der Waals surface area contributed by atoms with E-state index >= 15 is 0 Å². The molecule has 14 atom stereocenters. The van der Waals surface area contributed by atoms with Gasteiger partial charge in [-0.05, 0) is 49.4 Å². The second kappa shape index (κ2) is 32.1. The molecule has 8 N–H and O–H groups in total. The molecule has 358 valence electrons. The average Bonchev–Trinajstić information content (AvgIpc) is 3.66. The van der Waals surface area contributed by atoms with E-state index in [1.165, 1.54) is 25.7 Å². The molecule has 0 saturated carbocycles. The van der Waals surface area contributed by atoms with Gasteiger partial charge in [0.25, 0.3) is 0 Å². The Bertz CT molecular complexity index is 949. The minimum absolute atomic E-state index is 0.0477. The molecule has 16 heteroatoms. The molecule has 2 aliphatic rings. The molecule has 0 aromatic rings. The van der Waals surface area contributed by atoms with Crippen LogP contribution in [0, 0.1) is 23.7 Å². The Morgan fingerprint density at radius 3 is 1.18 bits per heavy atom. The van der Waals surface area contributed by atoms with Crippen molar-refractivity contribution in [3.8, 4) is 0 Å². The number of rotatable bonds is 37. The highest BCUT2D eigenvalue weighted by Gasteiger charge is 2.47. The Balaban J connectivity index is 1.75. The van der Waals surface area contributed by atoms with Crippen molar-refractivity contribution in [3.63, 3.8) is 0 Å². The summed E-state index contributed by atoms with van der Waals surface area (Å²) in [5.41, 5.74) is 0. The molecule has 0 aliphatic carbocycles. The molecule has 2 rings (SSSR count). The summed E-state index contributed by atoms with van der Waals surface area (Å²) < 4.78 is 46.9. The van der Waals surface area contributed by atoms with Crippen molar-refractivity contribution in [1.29, 1.82) is 0 Å². The SMILES string of the molecule is CC(C)CCC[C@H](C)CCOC(COCCCCCCOC[C@@H](CO[C@@H]1O[C@@H]([C@H](O)CO)[C@H](O)[C@H]1O)OCC[C@@H](C)CCCC(C)C)CO[C@@H]1O[C@@H]([C@H](O)CO)[C@H](O)[C@H]1O. The predicted octanol–water partition coefficient (Wildman–Crippen LogP) is 2.69. The maximum atomic E-state index is 10.4. The molecule has 0 aromatic carbocycles. The zero-order valence-corrected chi connectivity index (χ0v) is 37.6. The molecule has 0 amide bonds. The number of ether oxygens (including phenoxy) is 8. The van der Waals surface area contributed by atoms with Crippen LogP contribution < -0.4 is 0 Å². The molecule has 2 heterocycles. The van der Waals surface area contributed by atoms with Gasteiger partial charge in [0.15, 0.2) is 12.6 Å². The maximum Gasteiger partial charge on any atom is 0.186 e. The molecule has 0 aromatic heterocycles. The fraction of sp³-hybridized carbons (Fsp3) is 1.00. The van der Waals surface area contributed by atoms with E-state index in [1.54, 1.807) is 0 Å². The summed E-state index contributed by atoms with van der Waals surface area (Å²) in [6.07, 6.45) is -1.55. The first-order valence-corrected chi connectivity index (χ1v) is 22.9. The average molecular weight is 871 g/mol. The number of hydrogen-bond acceptors (Lipinski definition) is 16. The lowest BCUT2D eigenvalue weighted by Gasteiger charge is -2.23. The van der Waals surface area contributed by atoms with Crippen molar-refractivity contribution >= 4 is 0 Å². The predicted molar refractivity (Wildman–Crippen MR) is 224 cm³/mol. The molecule has 2 saturated heterocycles. The third-order valence-electron chi connectivity index (χ3n) is 11.4. The summed E-state index contributed by atoms with van der Waals surface area (Å²) in [5.74, 6) is 2.38. The highest BCUT2D eigenvalue weighted by molar-refractivity contribution is 4.91. The maximum absolute atomic E-state index is 10.4. The molecule has 0 spiro atoms. The van der Waals surface area contributed by atoms with Crippen LogP contribution in [-0.2, 0) is 37.9 Å². The first-order valence-electron chi connectivity index (χ1n) is 22.9. The lowest BCUT2D eigenvalue weighted by atomic mass is 9.98. The zero-order chi connectivity index (χ0) is 44.5. The summed E-state index contributed by atoms with van der Waals surface area (Å²) >= 11 is 0. The Morgan fingerprint density at radius 1 is 0.450 bits per heavy atom. The van der Waals surface area contributed by atoms with E-state index in [-0.39, 0.29) is 26.4 Å². The van der Waals surface area contributed by atoms with E-state index in [2.05, 4.69) is 41.5 Å². The first kappa shape index (κ1) is 55.5. The van der Waals surface area contributed by atoms with Crippen molar-refractivity contribution in [1.82, 2.24) is 0 Å². The van der Waals surface area contributed by atoms with E-state index in [9.17, 15) is 40.9 Å². The highest BCUT2D eigenvalue weighted by atomic mass is 16.7. The van der Waals surface area contributed by atoms with E-state index in [1.807, 2.05) is 0 Å². The molecule has 16 nitrogen and oxygen atoms in total. The Kier molecular flexibility index (Phi) is 29.7. The van der Waals surface area contributed by atoms with Crippen molar-refractivity contribution in [3.05, 3.63) is 0 Å². The molecule has 2 aliphatic heterocycles. The smallest absolute Gasteiger partial charge is 0.186 e. The number of hydrogen-bond donors (Lipinski definition) is 8. The van der Waals surface area contributed by atoms with Gasteiger partial charge in [-0.25, -0.2) is 0 Å². The standard InChI is InChI=1S/C44H86O16/c1-29(2)13-11-15-31(5)17-21-55-33(27-57-43-39(51)37(49)41(59-43)35(47)23-45)25-53-19-9-7-8-10-20-54-26-34(56-22-18-32(6)16-12-14-30(3)4)28-58-44-40(52)38(50)42(60-44)36(48)24-46/h29-52H,7-28H2,1-6H3/t31-,32-,33-,34?,35+,36+,37+,38+,39+,40+,41-,42-,43+,44+/m0/s1. The zero-order valence-electron chi connectivity index (χ0n) is 37.6. The van der Waals surface area contributed by atoms with Gasteiger partial charge in [0.2, 0.25) is 0 Å². The van der Waals surface area contributed by atoms with Crippen LogP contribution in [-0.4, -0.2) is 181 Å². The normalized spacial score (nSPS) is 27.8. The summed E-state index contributed by atoms with van der Waals surface area (Å²) in [6, 6.07) is 0. The van der Waals surface area contributed by atoms with Gasteiger partial charge in [0.1, 0.15) is 61.0 Å². The van der Waals surface area contributed by atoms with Crippen LogP contribution in [0.5, 0.6) is 0 Å². The lowest BCUT2D eigenvalue weighted by molar-refractivity contribution is -0.198. The van der Waals surface area contributed by atoms with Crippen LogP contribution in [0.1, 0.15) is 119 Å². The van der Waals surface area contributed by atoms with E-state index in [0.717, 1.165) is 51.4 Å². The Morgan fingerprint density at radius 2 is 0.833 bits per heavy atom. The molecule has 2 fully saturated rings. The molecule has 0 bridgehead atoms. The third kappa shape index (κ3) is 22.3. The topological polar surface area (TPSA) is 236 Å². The second-order valence-electron chi connectivity index (χ2n) is 18.1. The summed E-state index contributed by atoms with van der Waals surface area (Å²) in [6.45, 7) is 14.8. The van der Waals surface area contributed by atoms with Crippen molar-refractivity contribution in [2.75, 3.05) is 66.1 Å². The molecule has 1 unspecified atom stereocenters. The fourth-order valence-electron chi connectivity index (χ4n) is 7.26. The van der Waals surface area contributed by atoms with E-state index in [4.69, 9.17) is 37.9 Å². The van der Waals surface area contributed by atoms with Crippen LogP contribution in [0.2, 0.25) is 0 Å². The van der Waals surface area contributed by atoms with Gasteiger partial charge in [-0.1, -0.05) is 92.9 Å². The quantitative estimate of drug-likeness (QED) is 0.0419. The minimum Gasteiger partial charge on any atom is -0.394 e. The van der Waals surface area contributed by atoms with Crippen molar-refractivity contribution in [2.24, 2.45) is 23.7 Å². The summed E-state index contributed by atoms with van der Waals surface area (Å²) in [5, 5.41) is 79.8. The highest BCUT2D eigenvalue weighted by Crippen LogP contribution is 2.27. The van der Waals surface area contributed by atoms with Gasteiger partial charge in [-0.2, -0.15) is 0 Å². The monoisotopic (exact) mass is 871 g/mol. The van der Waals surface area contributed by atoms with Gasteiger partial charge in [-0.15, -0.1) is 0 Å². The van der Waals surface area contributed by atoms with Gasteiger partial charge in [0.05, 0.1) is 39.6 Å². The second-order valence-corrected chi connectivity index (χ2v) is 18.1. The number of unbranched alkanes of at least 4 members (excludes halogenated alkanes) is 3. The van der Waals surface area contributed by atoms with Gasteiger partial charge in [0, 0.05) is 26.4 Å². The van der Waals surface area contributed by atoms with Crippen LogP contribution in [0.3, 0.4) is 0 Å². The Labute approximate surface area is 360 Å². The van der Waals surface area contributed by atoms with Crippen LogP contribution in [0.25, 0.3) is 0 Å². The summed E-state index contributed by atoms with van der Waals surface area (Å²) in [4.78, 5) is 0. The third-order valence-corrected chi connectivity index (χ3v) is 11.4. The largest absolute Gasteiger partial charge is 0.394 e. The number of aliphatic hydroxyl groups excluding tert-OH is 8. The van der Waals surface area contributed by atoms with Crippen molar-refractivity contribution in [2.45, 2.75) is 192 Å². The molecule has 60 heavy (non-hydrogen) atoms. The van der Waals surface area contributed by atoms with E-state index < -0.39 is 86.8 Å². The van der Waals surface area contributed by atoms with Crippen LogP contribution in [0.4, 0.5) is 0 Å². The minimum atomic E-state index is -1.40.